The molecule has 0 amide bonds. The number of aryl methyl sites for hydroxylation is 1. The van der Waals surface area contributed by atoms with E-state index in [1.54, 1.807) is 0 Å². The van der Waals surface area contributed by atoms with Crippen LogP contribution in [-0.2, 0) is 5.54 Å². The molecule has 3 heteroatoms. The van der Waals surface area contributed by atoms with Gasteiger partial charge in [0.05, 0.1) is 5.54 Å². The van der Waals surface area contributed by atoms with Gasteiger partial charge in [-0.25, -0.2) is 4.98 Å². The second-order valence-electron chi connectivity index (χ2n) is 6.13. The third kappa shape index (κ3) is 2.94. The molecular formula is C15H26N2S. The van der Waals surface area contributed by atoms with Crippen molar-refractivity contribution in [3.05, 3.63) is 16.1 Å². The summed E-state index contributed by atoms with van der Waals surface area (Å²) < 4.78 is 0. The van der Waals surface area contributed by atoms with Gasteiger partial charge in [-0.15, -0.1) is 11.3 Å². The molecule has 2 nitrogen and oxygen atoms in total. The lowest BCUT2D eigenvalue weighted by Gasteiger charge is -2.40. The maximum absolute atomic E-state index is 4.77. The van der Waals surface area contributed by atoms with Crippen LogP contribution in [-0.4, -0.2) is 11.0 Å². The van der Waals surface area contributed by atoms with Gasteiger partial charge in [-0.2, -0.15) is 0 Å². The monoisotopic (exact) mass is 266 g/mol. The molecule has 1 fully saturated rings. The SMILES string of the molecule is Cc1csc(C(C)(NC(C)C)C2CCCCC2)n1. The summed E-state index contributed by atoms with van der Waals surface area (Å²) in [6, 6.07) is 0.501. The quantitative estimate of drug-likeness (QED) is 0.881. The molecule has 102 valence electrons. The maximum Gasteiger partial charge on any atom is 0.113 e. The molecule has 0 aromatic carbocycles. The molecule has 18 heavy (non-hydrogen) atoms. The van der Waals surface area contributed by atoms with Gasteiger partial charge in [0.15, 0.2) is 0 Å². The molecule has 1 N–H and O–H groups in total. The molecule has 1 aromatic rings. The van der Waals surface area contributed by atoms with Crippen molar-refractivity contribution in [3.8, 4) is 0 Å². The first kappa shape index (κ1) is 14.0. The first-order chi connectivity index (χ1) is 8.52. The summed E-state index contributed by atoms with van der Waals surface area (Å²) in [5.74, 6) is 0.735. The van der Waals surface area contributed by atoms with Crippen LogP contribution < -0.4 is 5.32 Å². The molecular weight excluding hydrogens is 240 g/mol. The van der Waals surface area contributed by atoms with Gasteiger partial charge < -0.3 is 5.32 Å². The van der Waals surface area contributed by atoms with E-state index in [-0.39, 0.29) is 5.54 Å². The minimum atomic E-state index is 0.0630. The first-order valence-corrected chi connectivity index (χ1v) is 8.10. The van der Waals surface area contributed by atoms with Crippen LogP contribution >= 0.6 is 11.3 Å². The minimum absolute atomic E-state index is 0.0630. The van der Waals surface area contributed by atoms with Crippen molar-refractivity contribution in [1.82, 2.24) is 10.3 Å². The Labute approximate surface area is 115 Å². The van der Waals surface area contributed by atoms with Crippen LogP contribution in [0.15, 0.2) is 5.38 Å². The Hall–Kier alpha value is -0.410. The van der Waals surface area contributed by atoms with Crippen molar-refractivity contribution in [2.75, 3.05) is 0 Å². The fourth-order valence-corrected chi connectivity index (χ4v) is 4.23. The Morgan fingerprint density at radius 1 is 1.33 bits per heavy atom. The van der Waals surface area contributed by atoms with Gasteiger partial charge in [0.2, 0.25) is 0 Å². The maximum atomic E-state index is 4.77. The molecule has 1 aliphatic rings. The zero-order valence-corrected chi connectivity index (χ0v) is 12.9. The average Bonchev–Trinajstić information content (AvgIpc) is 2.77. The fourth-order valence-electron chi connectivity index (χ4n) is 3.23. The number of thiazole rings is 1. The van der Waals surface area contributed by atoms with Crippen LogP contribution in [0.5, 0.6) is 0 Å². The number of hydrogen-bond acceptors (Lipinski definition) is 3. The number of rotatable bonds is 4. The highest BCUT2D eigenvalue weighted by atomic mass is 32.1. The average molecular weight is 266 g/mol. The summed E-state index contributed by atoms with van der Waals surface area (Å²) in [6.45, 7) is 8.93. The summed E-state index contributed by atoms with van der Waals surface area (Å²) >= 11 is 1.82. The Balaban J connectivity index is 2.26. The molecule has 1 saturated carbocycles. The molecule has 0 aliphatic heterocycles. The van der Waals surface area contributed by atoms with Gasteiger partial charge in [0.25, 0.3) is 0 Å². The third-order valence-corrected chi connectivity index (χ3v) is 5.27. The normalized spacial score (nSPS) is 21.2. The summed E-state index contributed by atoms with van der Waals surface area (Å²) in [6.07, 6.45) is 6.85. The van der Waals surface area contributed by atoms with Gasteiger partial charge in [-0.1, -0.05) is 19.3 Å². The van der Waals surface area contributed by atoms with Crippen LogP contribution in [0.4, 0.5) is 0 Å². The Morgan fingerprint density at radius 3 is 2.50 bits per heavy atom. The van der Waals surface area contributed by atoms with E-state index in [9.17, 15) is 0 Å². The molecule has 1 heterocycles. The van der Waals surface area contributed by atoms with Crippen molar-refractivity contribution in [3.63, 3.8) is 0 Å². The predicted octanol–water partition coefficient (Wildman–Crippen LogP) is 4.25. The van der Waals surface area contributed by atoms with Crippen LogP contribution in [0.1, 0.15) is 63.6 Å². The minimum Gasteiger partial charge on any atom is -0.303 e. The van der Waals surface area contributed by atoms with Crippen molar-refractivity contribution >= 4 is 11.3 Å². The van der Waals surface area contributed by atoms with Gasteiger partial charge in [-0.3, -0.25) is 0 Å². The fraction of sp³-hybridized carbons (Fsp3) is 0.800. The highest BCUT2D eigenvalue weighted by Gasteiger charge is 2.39. The van der Waals surface area contributed by atoms with Crippen molar-refractivity contribution in [2.45, 2.75) is 71.4 Å². The van der Waals surface area contributed by atoms with E-state index in [0.29, 0.717) is 6.04 Å². The largest absolute Gasteiger partial charge is 0.303 e. The van der Waals surface area contributed by atoms with E-state index in [0.717, 1.165) is 11.6 Å². The zero-order chi connectivity index (χ0) is 13.2. The van der Waals surface area contributed by atoms with E-state index < -0.39 is 0 Å². The third-order valence-electron chi connectivity index (χ3n) is 4.07. The number of nitrogens with one attached hydrogen (secondary N) is 1. The first-order valence-electron chi connectivity index (χ1n) is 7.22. The highest BCUT2D eigenvalue weighted by Crippen LogP contribution is 2.40. The molecule has 0 bridgehead atoms. The number of hydrogen-bond donors (Lipinski definition) is 1. The smallest absolute Gasteiger partial charge is 0.113 e. The standard InChI is InChI=1S/C15H26N2S/c1-11(2)17-15(4,13-8-6-5-7-9-13)14-16-12(3)10-18-14/h10-11,13,17H,5-9H2,1-4H3. The number of nitrogens with zero attached hydrogens (tertiary/aromatic N) is 1. The van der Waals surface area contributed by atoms with Gasteiger partial charge in [0.1, 0.15) is 5.01 Å². The topological polar surface area (TPSA) is 24.9 Å². The zero-order valence-electron chi connectivity index (χ0n) is 12.1. The van der Waals surface area contributed by atoms with Gasteiger partial charge in [-0.05, 0) is 46.5 Å². The van der Waals surface area contributed by atoms with Gasteiger partial charge in [0, 0.05) is 17.1 Å². The number of aromatic nitrogens is 1. The van der Waals surface area contributed by atoms with Crippen LogP contribution in [0.3, 0.4) is 0 Å². The van der Waals surface area contributed by atoms with Gasteiger partial charge >= 0.3 is 0 Å². The second-order valence-corrected chi connectivity index (χ2v) is 6.99. The van der Waals surface area contributed by atoms with Crippen molar-refractivity contribution in [2.24, 2.45) is 5.92 Å². The molecule has 0 spiro atoms. The Morgan fingerprint density at radius 2 is 2.00 bits per heavy atom. The molecule has 1 aromatic heterocycles. The summed E-state index contributed by atoms with van der Waals surface area (Å²) in [7, 11) is 0. The van der Waals surface area contributed by atoms with E-state index >= 15 is 0 Å². The summed E-state index contributed by atoms with van der Waals surface area (Å²) in [4.78, 5) is 4.77. The lowest BCUT2D eigenvalue weighted by Crippen LogP contribution is -2.49. The molecule has 1 aliphatic carbocycles. The lowest BCUT2D eigenvalue weighted by molar-refractivity contribution is 0.165. The highest BCUT2D eigenvalue weighted by molar-refractivity contribution is 7.09. The van der Waals surface area contributed by atoms with Crippen LogP contribution in [0.2, 0.25) is 0 Å². The van der Waals surface area contributed by atoms with E-state index in [4.69, 9.17) is 4.98 Å². The lowest BCUT2D eigenvalue weighted by atomic mass is 9.75. The van der Waals surface area contributed by atoms with Crippen molar-refractivity contribution < 1.29 is 0 Å². The van der Waals surface area contributed by atoms with E-state index in [1.165, 1.54) is 37.1 Å². The molecule has 1 atom stereocenters. The Kier molecular flexibility index (Phi) is 4.44. The second kappa shape index (κ2) is 5.70. The molecule has 0 radical (unpaired) electrons. The van der Waals surface area contributed by atoms with E-state index in [2.05, 4.69) is 38.4 Å². The van der Waals surface area contributed by atoms with Crippen molar-refractivity contribution in [1.29, 1.82) is 0 Å². The molecule has 2 rings (SSSR count). The van der Waals surface area contributed by atoms with Crippen LogP contribution in [0, 0.1) is 12.8 Å². The van der Waals surface area contributed by atoms with Crippen LogP contribution in [0.25, 0.3) is 0 Å². The summed E-state index contributed by atoms with van der Waals surface area (Å²) in [5, 5.41) is 7.26. The van der Waals surface area contributed by atoms with E-state index in [1.807, 2.05) is 11.3 Å². The molecule has 0 saturated heterocycles. The Bertz CT molecular complexity index is 380. The molecule has 1 unspecified atom stereocenters. The summed E-state index contributed by atoms with van der Waals surface area (Å²) in [5.41, 5.74) is 1.22. The predicted molar refractivity (Wildman–Crippen MR) is 79.0 cm³/mol.